The molecule has 192 valence electrons. The van der Waals surface area contributed by atoms with Gasteiger partial charge in [0.1, 0.15) is 0 Å². The molecule has 0 aromatic carbocycles. The lowest BCUT2D eigenvalue weighted by Crippen LogP contribution is -2.24. The average molecular weight is 506 g/mol. The molecule has 0 amide bonds. The first kappa shape index (κ1) is 30.5. The van der Waals surface area contributed by atoms with Crippen molar-refractivity contribution in [1.82, 2.24) is 4.98 Å². The van der Waals surface area contributed by atoms with E-state index >= 15 is 0 Å². The van der Waals surface area contributed by atoms with Crippen molar-refractivity contribution >= 4 is 15.2 Å². The Morgan fingerprint density at radius 1 is 0.788 bits per heavy atom. The molecule has 0 aliphatic carbocycles. The van der Waals surface area contributed by atoms with Crippen LogP contribution in [-0.4, -0.2) is 33.6 Å². The van der Waals surface area contributed by atoms with Gasteiger partial charge in [0.25, 0.3) is 0 Å². The highest BCUT2D eigenvalue weighted by molar-refractivity contribution is 7.72. The molecule has 7 nitrogen and oxygen atoms in total. The predicted octanol–water partition coefficient (Wildman–Crippen LogP) is 7.20. The summed E-state index contributed by atoms with van der Waals surface area (Å²) in [6.07, 6.45) is -1.48. The number of rotatable bonds is 10. The molecule has 0 saturated carbocycles. The number of hydrogen-bond acceptors (Lipinski definition) is 6. The molecule has 0 fully saturated rings. The topological polar surface area (TPSA) is 95.0 Å². The average Bonchev–Trinajstić information content (AvgIpc) is 2.54. The van der Waals surface area contributed by atoms with Gasteiger partial charge in [-0.2, -0.15) is 0 Å². The smallest absolute Gasteiger partial charge is 0.324 e. The first-order valence-corrected chi connectivity index (χ1v) is 14.9. The Bertz CT molecular complexity index is 838. The van der Waals surface area contributed by atoms with Crippen LogP contribution >= 0.6 is 15.2 Å². The van der Waals surface area contributed by atoms with Crippen LogP contribution < -0.4 is 0 Å². The minimum atomic E-state index is -4.40. The van der Waals surface area contributed by atoms with E-state index in [0.29, 0.717) is 0 Å². The molecule has 9 heteroatoms. The second-order valence-corrected chi connectivity index (χ2v) is 16.0. The van der Waals surface area contributed by atoms with Gasteiger partial charge in [0.05, 0.1) is 18.3 Å². The van der Waals surface area contributed by atoms with Crippen LogP contribution in [-0.2, 0) is 40.0 Å². The van der Waals surface area contributed by atoms with Gasteiger partial charge >= 0.3 is 15.2 Å². The lowest BCUT2D eigenvalue weighted by Gasteiger charge is -2.33. The van der Waals surface area contributed by atoms with Gasteiger partial charge in [-0.1, -0.05) is 41.5 Å². The van der Waals surface area contributed by atoms with Crippen LogP contribution in [0.5, 0.6) is 0 Å². The molecule has 2 atom stereocenters. The molecular weight excluding hydrogens is 460 g/mol. The maximum Gasteiger partial charge on any atom is 0.346 e. The van der Waals surface area contributed by atoms with E-state index in [0.717, 1.165) is 17.0 Å². The molecule has 1 aromatic heterocycles. The maximum absolute atomic E-state index is 14.1. The van der Waals surface area contributed by atoms with Crippen molar-refractivity contribution in [3.8, 4) is 0 Å². The predicted molar refractivity (Wildman–Crippen MR) is 135 cm³/mol. The third kappa shape index (κ3) is 9.20. The van der Waals surface area contributed by atoms with Gasteiger partial charge in [0.2, 0.25) is 0 Å². The summed E-state index contributed by atoms with van der Waals surface area (Å²) in [5, 5.41) is -1.37. The monoisotopic (exact) mass is 505 g/mol. The summed E-state index contributed by atoms with van der Waals surface area (Å²) in [5.41, 5.74) is 1.97. The SMILES string of the molecule is CC(C)OP(=O)(O)C(Cc1cc(C(C)(C)C)nc(C(C)(C)C)c1)P(=O)(OC(C)C)OC(C)C. The lowest BCUT2D eigenvalue weighted by atomic mass is 9.86. The minimum Gasteiger partial charge on any atom is -0.324 e. The molecule has 0 aliphatic rings. The van der Waals surface area contributed by atoms with Gasteiger partial charge < -0.3 is 18.5 Å². The van der Waals surface area contributed by atoms with Crippen LogP contribution in [0.15, 0.2) is 12.1 Å². The molecule has 0 spiro atoms. The van der Waals surface area contributed by atoms with Crippen LogP contribution in [0.3, 0.4) is 0 Å². The molecule has 1 heterocycles. The highest BCUT2D eigenvalue weighted by Gasteiger charge is 2.50. The summed E-state index contributed by atoms with van der Waals surface area (Å²) >= 11 is 0. The number of pyridine rings is 1. The number of aromatic nitrogens is 1. The number of nitrogens with zero attached hydrogens (tertiary/aromatic N) is 1. The van der Waals surface area contributed by atoms with E-state index < -0.39 is 38.9 Å². The molecule has 2 unspecified atom stereocenters. The third-order valence-electron chi connectivity index (χ3n) is 4.66. The van der Waals surface area contributed by atoms with E-state index in [1.165, 1.54) is 0 Å². The Hall–Kier alpha value is -0.550. The summed E-state index contributed by atoms with van der Waals surface area (Å²) < 4.78 is 44.5. The summed E-state index contributed by atoms with van der Waals surface area (Å²) in [5.74, 6) is 0. The van der Waals surface area contributed by atoms with Crippen molar-refractivity contribution in [3.63, 3.8) is 0 Å². The summed E-state index contributed by atoms with van der Waals surface area (Å²) in [7, 11) is -8.46. The first-order chi connectivity index (χ1) is 14.7. The molecule has 1 rings (SSSR count). The van der Waals surface area contributed by atoms with Crippen LogP contribution in [0.4, 0.5) is 0 Å². The first-order valence-electron chi connectivity index (χ1n) is 11.7. The van der Waals surface area contributed by atoms with E-state index in [2.05, 4.69) is 41.5 Å². The fraction of sp³-hybridized carbons (Fsp3) is 0.792. The van der Waals surface area contributed by atoms with Gasteiger partial charge in [-0.25, -0.2) is 0 Å². The van der Waals surface area contributed by atoms with E-state index in [9.17, 15) is 14.0 Å². The van der Waals surface area contributed by atoms with E-state index in [1.54, 1.807) is 41.5 Å². The summed E-state index contributed by atoms with van der Waals surface area (Å²) in [4.78, 5) is 15.9. The lowest BCUT2D eigenvalue weighted by molar-refractivity contribution is 0.136. The van der Waals surface area contributed by atoms with Gasteiger partial charge in [0.15, 0.2) is 5.40 Å². The molecule has 0 bridgehead atoms. The van der Waals surface area contributed by atoms with Crippen LogP contribution in [0, 0.1) is 0 Å². The van der Waals surface area contributed by atoms with Crippen LogP contribution in [0.2, 0.25) is 0 Å². The molecule has 33 heavy (non-hydrogen) atoms. The molecular formula is C24H45NO6P2. The zero-order valence-electron chi connectivity index (χ0n) is 22.5. The fourth-order valence-electron chi connectivity index (χ4n) is 3.22. The molecule has 0 radical (unpaired) electrons. The third-order valence-corrected chi connectivity index (χ3v) is 10.4. The molecule has 1 aromatic rings. The largest absolute Gasteiger partial charge is 0.346 e. The Labute approximate surface area is 201 Å². The Balaban J connectivity index is 3.74. The molecule has 1 N–H and O–H groups in total. The standard InChI is InChI=1S/C24H45NO6P2/c1-16(2)29-32(26,27)22(33(28,30-17(3)4)31-18(5)6)15-19-13-20(23(7,8)9)25-21(14-19)24(10,11)12/h13-14,16-18,22H,15H2,1-12H3,(H,26,27). The van der Waals surface area contributed by atoms with E-state index in [-0.39, 0.29) is 17.3 Å². The van der Waals surface area contributed by atoms with E-state index in [4.69, 9.17) is 18.6 Å². The summed E-state index contributed by atoms with van der Waals surface area (Å²) in [6.45, 7) is 22.6. The summed E-state index contributed by atoms with van der Waals surface area (Å²) in [6, 6.07) is 3.82. The van der Waals surface area contributed by atoms with Crippen molar-refractivity contribution in [3.05, 3.63) is 29.1 Å². The Morgan fingerprint density at radius 3 is 1.45 bits per heavy atom. The zero-order valence-corrected chi connectivity index (χ0v) is 24.3. The minimum absolute atomic E-state index is 0.00804. The van der Waals surface area contributed by atoms with Crippen molar-refractivity contribution in [2.24, 2.45) is 0 Å². The van der Waals surface area contributed by atoms with Crippen molar-refractivity contribution < 1.29 is 27.6 Å². The van der Waals surface area contributed by atoms with Crippen molar-refractivity contribution in [2.75, 3.05) is 0 Å². The second kappa shape index (κ2) is 11.0. The van der Waals surface area contributed by atoms with Crippen molar-refractivity contribution in [2.45, 2.75) is 124 Å². The maximum atomic E-state index is 14.1. The second-order valence-electron chi connectivity index (χ2n) is 11.5. The van der Waals surface area contributed by atoms with Gasteiger partial charge in [-0.15, -0.1) is 0 Å². The zero-order chi connectivity index (χ0) is 26.0. The van der Waals surface area contributed by atoms with Crippen molar-refractivity contribution in [1.29, 1.82) is 0 Å². The quantitative estimate of drug-likeness (QED) is 0.336. The van der Waals surface area contributed by atoms with Gasteiger partial charge in [0, 0.05) is 22.2 Å². The molecule has 0 saturated heterocycles. The fourth-order valence-corrected chi connectivity index (χ4v) is 8.26. The van der Waals surface area contributed by atoms with E-state index in [1.807, 2.05) is 12.1 Å². The van der Waals surface area contributed by atoms with Crippen LogP contribution in [0.1, 0.15) is 100 Å². The Morgan fingerprint density at radius 2 is 1.15 bits per heavy atom. The highest BCUT2D eigenvalue weighted by atomic mass is 31.2. The Kier molecular flexibility index (Phi) is 10.2. The molecule has 0 aliphatic heterocycles. The highest BCUT2D eigenvalue weighted by Crippen LogP contribution is 2.70. The van der Waals surface area contributed by atoms with Gasteiger partial charge in [-0.3, -0.25) is 14.1 Å². The van der Waals surface area contributed by atoms with Crippen LogP contribution in [0.25, 0.3) is 0 Å². The normalized spacial score (nSPS) is 16.5. The number of hydrogen-bond donors (Lipinski definition) is 1. The van der Waals surface area contributed by atoms with Gasteiger partial charge in [-0.05, 0) is 65.7 Å².